The molecule has 0 saturated carbocycles. The highest BCUT2D eigenvalue weighted by atomic mass is 35.5. The van der Waals surface area contributed by atoms with E-state index in [1.807, 2.05) is 0 Å². The molecule has 0 aliphatic carbocycles. The topological polar surface area (TPSA) is 60.1 Å². The lowest BCUT2D eigenvalue weighted by Gasteiger charge is -2.15. The molecule has 3 aromatic rings. The van der Waals surface area contributed by atoms with Gasteiger partial charge in [0.05, 0.1) is 16.4 Å². The number of benzene rings is 1. The number of hydrogen-bond donors (Lipinski definition) is 0. The fourth-order valence-corrected chi connectivity index (χ4v) is 3.22. The smallest absolute Gasteiger partial charge is 0.292 e. The molecule has 1 aliphatic rings. The van der Waals surface area contributed by atoms with Crippen LogP contribution in [0.3, 0.4) is 0 Å². The number of alkyl halides is 3. The molecule has 4 rings (SSSR count). The zero-order valence-corrected chi connectivity index (χ0v) is 15.3. The van der Waals surface area contributed by atoms with Gasteiger partial charge in [0.1, 0.15) is 5.71 Å². The zero-order chi connectivity index (χ0) is 20.1. The van der Waals surface area contributed by atoms with E-state index >= 15 is 0 Å². The molecule has 0 N–H and O–H groups in total. The normalized spacial score (nSPS) is 14.0. The van der Waals surface area contributed by atoms with Gasteiger partial charge in [-0.15, -0.1) is 0 Å². The molecule has 5 nitrogen and oxygen atoms in total. The minimum atomic E-state index is -4.72. The van der Waals surface area contributed by atoms with Crippen molar-refractivity contribution in [3.63, 3.8) is 0 Å². The van der Waals surface area contributed by atoms with E-state index in [0.717, 1.165) is 10.7 Å². The average Bonchev–Trinajstić information content (AvgIpc) is 3.06. The molecule has 0 unspecified atom stereocenters. The maximum absolute atomic E-state index is 13.3. The maximum Gasteiger partial charge on any atom is 0.435 e. The molecule has 0 fully saturated rings. The summed E-state index contributed by atoms with van der Waals surface area (Å²) in [5.74, 6) is -0.497. The molecule has 0 amide bonds. The highest BCUT2D eigenvalue weighted by Crippen LogP contribution is 2.33. The number of pyridine rings is 1. The molecule has 0 radical (unpaired) electrons. The van der Waals surface area contributed by atoms with Gasteiger partial charge >= 0.3 is 6.18 Å². The number of halogens is 5. The van der Waals surface area contributed by atoms with E-state index < -0.39 is 17.7 Å². The predicted molar refractivity (Wildman–Crippen MR) is 97.7 cm³/mol. The maximum atomic E-state index is 13.3. The highest BCUT2D eigenvalue weighted by Gasteiger charge is 2.37. The van der Waals surface area contributed by atoms with Crippen molar-refractivity contribution in [2.24, 2.45) is 4.99 Å². The Morgan fingerprint density at radius 2 is 1.89 bits per heavy atom. The summed E-state index contributed by atoms with van der Waals surface area (Å²) in [7, 11) is 0. The minimum Gasteiger partial charge on any atom is -0.292 e. The lowest BCUT2D eigenvalue weighted by atomic mass is 9.98. The molecule has 0 atom stereocenters. The van der Waals surface area contributed by atoms with Crippen molar-refractivity contribution >= 4 is 40.4 Å². The summed E-state index contributed by atoms with van der Waals surface area (Å²) >= 11 is 12.0. The van der Waals surface area contributed by atoms with Gasteiger partial charge in [-0.2, -0.15) is 18.3 Å². The summed E-state index contributed by atoms with van der Waals surface area (Å²) < 4.78 is 40.7. The second kappa shape index (κ2) is 6.72. The second-order valence-corrected chi connectivity index (χ2v) is 6.81. The lowest BCUT2D eigenvalue weighted by molar-refractivity contribution is -0.141. The fraction of sp³-hybridized carbons (Fsp3) is 0.111. The van der Waals surface area contributed by atoms with Crippen LogP contribution in [-0.4, -0.2) is 26.3 Å². The molecule has 0 saturated heterocycles. The summed E-state index contributed by atoms with van der Waals surface area (Å²) in [6.07, 6.45) is -3.40. The lowest BCUT2D eigenvalue weighted by Crippen LogP contribution is -2.24. The van der Waals surface area contributed by atoms with Crippen molar-refractivity contribution in [1.29, 1.82) is 0 Å². The van der Waals surface area contributed by atoms with Crippen molar-refractivity contribution in [3.05, 3.63) is 69.6 Å². The van der Waals surface area contributed by atoms with E-state index in [9.17, 15) is 18.0 Å². The van der Waals surface area contributed by atoms with Crippen molar-refractivity contribution < 1.29 is 18.0 Å². The third kappa shape index (κ3) is 3.29. The van der Waals surface area contributed by atoms with Crippen LogP contribution in [0, 0.1) is 0 Å². The van der Waals surface area contributed by atoms with E-state index in [1.165, 1.54) is 18.3 Å². The number of carbonyl (C=O) groups is 1. The van der Waals surface area contributed by atoms with Crippen LogP contribution in [0.1, 0.15) is 17.0 Å². The first-order valence-electron chi connectivity index (χ1n) is 7.93. The van der Waals surface area contributed by atoms with Crippen LogP contribution in [-0.2, 0) is 17.4 Å². The van der Waals surface area contributed by atoms with E-state index in [2.05, 4.69) is 15.1 Å². The summed E-state index contributed by atoms with van der Waals surface area (Å²) in [4.78, 5) is 20.9. The SMILES string of the molecule is O=C1Cc2cc(Cl)ccc2N=C1c1cc(C(F)(F)F)nn1-c1ncccc1Cl. The summed E-state index contributed by atoms with van der Waals surface area (Å²) in [5.41, 5.74) is -0.425. The van der Waals surface area contributed by atoms with Crippen LogP contribution in [0.15, 0.2) is 47.6 Å². The van der Waals surface area contributed by atoms with Crippen LogP contribution in [0.25, 0.3) is 5.82 Å². The molecule has 142 valence electrons. The Morgan fingerprint density at radius 1 is 1.11 bits per heavy atom. The minimum absolute atomic E-state index is 0.0351. The van der Waals surface area contributed by atoms with Gasteiger partial charge in [-0.05, 0) is 42.0 Å². The molecule has 1 aromatic carbocycles. The van der Waals surface area contributed by atoms with E-state index in [0.29, 0.717) is 16.3 Å². The zero-order valence-electron chi connectivity index (χ0n) is 13.8. The van der Waals surface area contributed by atoms with Gasteiger partial charge in [-0.1, -0.05) is 23.2 Å². The molecular weight excluding hydrogens is 416 g/mol. The number of ketones is 1. The second-order valence-electron chi connectivity index (χ2n) is 5.97. The van der Waals surface area contributed by atoms with Crippen molar-refractivity contribution in [3.8, 4) is 5.82 Å². The molecule has 10 heteroatoms. The Morgan fingerprint density at radius 3 is 2.61 bits per heavy atom. The van der Waals surface area contributed by atoms with Crippen molar-refractivity contribution in [2.75, 3.05) is 0 Å². The number of carbonyl (C=O) groups excluding carboxylic acids is 1. The predicted octanol–water partition coefficient (Wildman–Crippen LogP) is 4.84. The molecule has 1 aliphatic heterocycles. The Kier molecular flexibility index (Phi) is 4.47. The van der Waals surface area contributed by atoms with Crippen LogP contribution < -0.4 is 0 Å². The number of aromatic nitrogens is 3. The van der Waals surface area contributed by atoms with E-state index in [1.54, 1.807) is 18.2 Å². The third-order valence-electron chi connectivity index (χ3n) is 4.07. The Labute approximate surface area is 166 Å². The summed E-state index contributed by atoms with van der Waals surface area (Å²) in [6, 6.07) is 8.55. The largest absolute Gasteiger partial charge is 0.435 e. The van der Waals surface area contributed by atoms with Crippen LogP contribution >= 0.6 is 23.2 Å². The standard InChI is InChI=1S/C18H9Cl2F3N4O/c19-10-3-4-12-9(6-10)7-14(28)16(25-12)13-8-15(18(21,22)23)26-27(13)17-11(20)2-1-5-24-17/h1-6,8H,7H2. The van der Waals surface area contributed by atoms with Crippen LogP contribution in [0.4, 0.5) is 18.9 Å². The van der Waals surface area contributed by atoms with Gasteiger partial charge < -0.3 is 0 Å². The highest BCUT2D eigenvalue weighted by molar-refractivity contribution is 6.47. The number of aliphatic imine (C=N–C) groups is 1. The number of hydrogen-bond acceptors (Lipinski definition) is 4. The fourth-order valence-electron chi connectivity index (χ4n) is 2.83. The molecule has 2 aromatic heterocycles. The van der Waals surface area contributed by atoms with Crippen LogP contribution in [0.5, 0.6) is 0 Å². The number of nitrogens with zero attached hydrogens (tertiary/aromatic N) is 4. The summed E-state index contributed by atoms with van der Waals surface area (Å²) in [6.45, 7) is 0. The Bertz CT molecular complexity index is 1140. The van der Waals surface area contributed by atoms with Gasteiger partial charge in [-0.3, -0.25) is 4.79 Å². The quantitative estimate of drug-likeness (QED) is 0.591. The molecule has 0 spiro atoms. The van der Waals surface area contributed by atoms with Crippen molar-refractivity contribution in [1.82, 2.24) is 14.8 Å². The van der Waals surface area contributed by atoms with Gasteiger partial charge in [-0.25, -0.2) is 14.7 Å². The summed E-state index contributed by atoms with van der Waals surface area (Å²) in [5, 5.41) is 4.10. The molecular formula is C18H9Cl2F3N4O. The number of Topliss-reactive ketones (excluding diaryl/α,β-unsaturated/α-hetero) is 1. The van der Waals surface area contributed by atoms with E-state index in [-0.39, 0.29) is 28.7 Å². The van der Waals surface area contributed by atoms with Crippen molar-refractivity contribution in [2.45, 2.75) is 12.6 Å². The van der Waals surface area contributed by atoms with Crippen LogP contribution in [0.2, 0.25) is 10.0 Å². The van der Waals surface area contributed by atoms with Gasteiger partial charge in [0.15, 0.2) is 17.3 Å². The Hall–Kier alpha value is -2.71. The number of rotatable bonds is 2. The molecule has 28 heavy (non-hydrogen) atoms. The number of fused-ring (bicyclic) bond motifs is 1. The van der Waals surface area contributed by atoms with E-state index in [4.69, 9.17) is 23.2 Å². The van der Waals surface area contributed by atoms with Gasteiger partial charge in [0.2, 0.25) is 0 Å². The third-order valence-corrected chi connectivity index (χ3v) is 4.60. The molecule has 3 heterocycles. The first-order chi connectivity index (χ1) is 13.2. The van der Waals surface area contributed by atoms with Gasteiger partial charge in [0, 0.05) is 17.6 Å². The first-order valence-corrected chi connectivity index (χ1v) is 8.68. The monoisotopic (exact) mass is 424 g/mol. The van der Waals surface area contributed by atoms with Gasteiger partial charge in [0.25, 0.3) is 0 Å². The average molecular weight is 425 g/mol. The Balaban J connectivity index is 1.94. The first kappa shape index (κ1) is 18.6. The molecule has 0 bridgehead atoms.